The molecule has 5 heteroatoms. The van der Waals surface area contributed by atoms with E-state index in [4.69, 9.17) is 4.74 Å². The maximum atomic E-state index is 11.4. The molecule has 1 rings (SSSR count). The van der Waals surface area contributed by atoms with E-state index >= 15 is 0 Å². The van der Waals surface area contributed by atoms with Crippen LogP contribution in [0.15, 0.2) is 29.3 Å². The predicted octanol–water partition coefficient (Wildman–Crippen LogP) is 3.77. The number of rotatable bonds is 3. The zero-order chi connectivity index (χ0) is 16.0. The van der Waals surface area contributed by atoms with E-state index < -0.39 is 6.09 Å². The molecular formula is C16H25N3O2. The minimum absolute atomic E-state index is 0.0364. The summed E-state index contributed by atoms with van der Waals surface area (Å²) >= 11 is 0. The highest BCUT2D eigenvalue weighted by Crippen LogP contribution is 2.24. The van der Waals surface area contributed by atoms with Gasteiger partial charge in [-0.05, 0) is 31.2 Å². The first-order valence-electron chi connectivity index (χ1n) is 7.04. The Morgan fingerprint density at radius 1 is 1.29 bits per heavy atom. The van der Waals surface area contributed by atoms with E-state index in [0.29, 0.717) is 12.3 Å². The Labute approximate surface area is 127 Å². The highest BCUT2D eigenvalue weighted by molar-refractivity contribution is 6.01. The molecule has 0 aliphatic carbocycles. The molecule has 1 amide bonds. The Hall–Kier alpha value is -2.04. The highest BCUT2D eigenvalue weighted by atomic mass is 16.5. The number of benzene rings is 1. The topological polar surface area (TPSA) is 53.9 Å². The molecule has 5 nitrogen and oxygen atoms in total. The summed E-state index contributed by atoms with van der Waals surface area (Å²) in [5.74, 6) is 0.994. The number of nitrogens with one attached hydrogen (secondary N) is 1. The minimum atomic E-state index is -0.441. The predicted molar refractivity (Wildman–Crippen MR) is 88.3 cm³/mol. The minimum Gasteiger partial charge on any atom is -0.450 e. The summed E-state index contributed by atoms with van der Waals surface area (Å²) in [6.07, 6.45) is -0.441. The molecule has 1 N–H and O–H groups in total. The van der Waals surface area contributed by atoms with Gasteiger partial charge in [0.1, 0.15) is 5.84 Å². The lowest BCUT2D eigenvalue weighted by Crippen LogP contribution is -2.36. The number of ether oxygens (including phenoxy) is 1. The molecule has 0 unspecified atom stereocenters. The van der Waals surface area contributed by atoms with Gasteiger partial charge >= 0.3 is 6.09 Å². The number of hydrogen-bond donors (Lipinski definition) is 1. The van der Waals surface area contributed by atoms with Gasteiger partial charge in [-0.1, -0.05) is 20.8 Å². The van der Waals surface area contributed by atoms with E-state index in [1.807, 2.05) is 36.2 Å². The third-order valence-electron chi connectivity index (χ3n) is 2.98. The second kappa shape index (κ2) is 7.11. The number of carbonyl (C=O) groups excluding carboxylic acids is 1. The number of hydrogen-bond acceptors (Lipinski definition) is 3. The summed E-state index contributed by atoms with van der Waals surface area (Å²) in [5, 5.41) is 2.67. The zero-order valence-electron chi connectivity index (χ0n) is 13.7. The molecule has 1 aromatic carbocycles. The summed E-state index contributed by atoms with van der Waals surface area (Å²) < 4.78 is 4.84. The lowest BCUT2D eigenvalue weighted by molar-refractivity contribution is 0.168. The average Bonchev–Trinajstić information content (AvgIpc) is 2.38. The molecule has 0 heterocycles. The zero-order valence-corrected chi connectivity index (χ0v) is 13.7. The second-order valence-corrected chi connectivity index (χ2v) is 5.75. The SMILES string of the molecule is CCOC(=O)Nc1ccc(N(C)C(=NC)C(C)(C)C)cc1. The van der Waals surface area contributed by atoms with Crippen molar-refractivity contribution in [3.8, 4) is 0 Å². The molecule has 0 bridgehead atoms. The average molecular weight is 291 g/mol. The second-order valence-electron chi connectivity index (χ2n) is 5.75. The fourth-order valence-electron chi connectivity index (χ4n) is 2.16. The van der Waals surface area contributed by atoms with Gasteiger partial charge in [-0.25, -0.2) is 4.79 Å². The van der Waals surface area contributed by atoms with Gasteiger partial charge in [-0.3, -0.25) is 10.3 Å². The maximum Gasteiger partial charge on any atom is 0.411 e. The van der Waals surface area contributed by atoms with Crippen molar-refractivity contribution in [2.75, 3.05) is 30.9 Å². The molecule has 0 saturated heterocycles. The number of carbonyl (C=O) groups is 1. The van der Waals surface area contributed by atoms with Crippen molar-refractivity contribution in [2.45, 2.75) is 27.7 Å². The molecule has 0 aromatic heterocycles. The monoisotopic (exact) mass is 291 g/mol. The quantitative estimate of drug-likeness (QED) is 0.681. The van der Waals surface area contributed by atoms with Crippen LogP contribution in [0.3, 0.4) is 0 Å². The van der Waals surface area contributed by atoms with Crippen molar-refractivity contribution in [3.63, 3.8) is 0 Å². The Kier molecular flexibility index (Phi) is 5.76. The summed E-state index contributed by atoms with van der Waals surface area (Å²) in [6.45, 7) is 8.51. The van der Waals surface area contributed by atoms with Gasteiger partial charge in [0, 0.05) is 30.9 Å². The van der Waals surface area contributed by atoms with Crippen molar-refractivity contribution in [1.29, 1.82) is 0 Å². The molecule has 0 aliphatic rings. The Morgan fingerprint density at radius 3 is 2.29 bits per heavy atom. The van der Waals surface area contributed by atoms with Crippen LogP contribution in [0, 0.1) is 5.41 Å². The maximum absolute atomic E-state index is 11.4. The first-order valence-corrected chi connectivity index (χ1v) is 7.04. The van der Waals surface area contributed by atoms with Gasteiger partial charge < -0.3 is 9.64 Å². The summed E-state index contributed by atoms with van der Waals surface area (Å²) in [7, 11) is 3.79. The smallest absolute Gasteiger partial charge is 0.411 e. The summed E-state index contributed by atoms with van der Waals surface area (Å²) in [4.78, 5) is 17.8. The molecule has 0 saturated carbocycles. The van der Waals surface area contributed by atoms with Gasteiger partial charge in [0.2, 0.25) is 0 Å². The Bertz CT molecular complexity index is 501. The number of aliphatic imine (C=N–C) groups is 1. The Balaban J connectivity index is 2.85. The third kappa shape index (κ3) is 4.77. The van der Waals surface area contributed by atoms with Crippen molar-refractivity contribution in [2.24, 2.45) is 10.4 Å². The van der Waals surface area contributed by atoms with E-state index in [1.54, 1.807) is 14.0 Å². The van der Waals surface area contributed by atoms with Crippen molar-refractivity contribution in [3.05, 3.63) is 24.3 Å². The highest BCUT2D eigenvalue weighted by Gasteiger charge is 2.22. The normalized spacial score (nSPS) is 12.0. The van der Waals surface area contributed by atoms with Crippen LogP contribution in [-0.2, 0) is 4.74 Å². The van der Waals surface area contributed by atoms with E-state index in [-0.39, 0.29) is 5.41 Å². The molecule has 21 heavy (non-hydrogen) atoms. The first kappa shape index (κ1) is 17.0. The largest absolute Gasteiger partial charge is 0.450 e. The molecule has 0 atom stereocenters. The van der Waals surface area contributed by atoms with Crippen LogP contribution < -0.4 is 10.2 Å². The Morgan fingerprint density at radius 2 is 1.86 bits per heavy atom. The van der Waals surface area contributed by atoms with Gasteiger partial charge in [-0.2, -0.15) is 0 Å². The van der Waals surface area contributed by atoms with Crippen LogP contribution in [0.5, 0.6) is 0 Å². The molecule has 0 radical (unpaired) electrons. The van der Waals surface area contributed by atoms with Crippen molar-refractivity contribution in [1.82, 2.24) is 0 Å². The van der Waals surface area contributed by atoms with Crippen LogP contribution >= 0.6 is 0 Å². The van der Waals surface area contributed by atoms with E-state index in [2.05, 4.69) is 31.1 Å². The van der Waals surface area contributed by atoms with Crippen LogP contribution in [-0.4, -0.2) is 32.6 Å². The fraction of sp³-hybridized carbons (Fsp3) is 0.500. The molecule has 1 aromatic rings. The van der Waals surface area contributed by atoms with Gasteiger partial charge in [0.15, 0.2) is 0 Å². The van der Waals surface area contributed by atoms with Crippen molar-refractivity contribution < 1.29 is 9.53 Å². The molecule has 0 fully saturated rings. The first-order chi connectivity index (χ1) is 9.79. The third-order valence-corrected chi connectivity index (χ3v) is 2.98. The fourth-order valence-corrected chi connectivity index (χ4v) is 2.16. The molecule has 0 spiro atoms. The van der Waals surface area contributed by atoms with Crippen LogP contribution in [0.1, 0.15) is 27.7 Å². The molecular weight excluding hydrogens is 266 g/mol. The van der Waals surface area contributed by atoms with Gasteiger partial charge in [0.25, 0.3) is 0 Å². The number of anilines is 2. The van der Waals surface area contributed by atoms with E-state index in [9.17, 15) is 4.79 Å². The lowest BCUT2D eigenvalue weighted by Gasteiger charge is -2.30. The van der Waals surface area contributed by atoms with Crippen LogP contribution in [0.25, 0.3) is 0 Å². The summed E-state index contributed by atoms with van der Waals surface area (Å²) in [5.41, 5.74) is 1.68. The number of amidine groups is 1. The van der Waals surface area contributed by atoms with Crippen LogP contribution in [0.4, 0.5) is 16.2 Å². The standard InChI is InChI=1S/C16H25N3O2/c1-7-21-15(20)18-12-8-10-13(11-9-12)19(6)14(17-5)16(2,3)4/h8-11H,7H2,1-6H3,(H,18,20). The van der Waals surface area contributed by atoms with E-state index in [0.717, 1.165) is 11.5 Å². The van der Waals surface area contributed by atoms with Crippen LogP contribution in [0.2, 0.25) is 0 Å². The van der Waals surface area contributed by atoms with Crippen molar-refractivity contribution >= 4 is 23.3 Å². The summed E-state index contributed by atoms with van der Waals surface area (Å²) in [6, 6.07) is 7.58. The van der Waals surface area contributed by atoms with Gasteiger partial charge in [0.05, 0.1) is 6.61 Å². The van der Waals surface area contributed by atoms with E-state index in [1.165, 1.54) is 0 Å². The molecule has 0 aliphatic heterocycles. The molecule has 116 valence electrons. The lowest BCUT2D eigenvalue weighted by atomic mass is 9.94. The number of nitrogens with zero attached hydrogens (tertiary/aromatic N) is 2. The number of amides is 1. The van der Waals surface area contributed by atoms with Gasteiger partial charge in [-0.15, -0.1) is 0 Å².